The molecule has 4 rings (SSSR count). The number of aromatic amines is 1. The molecule has 1 atom stereocenters. The van der Waals surface area contributed by atoms with Crippen molar-refractivity contribution in [3.8, 4) is 0 Å². The van der Waals surface area contributed by atoms with Gasteiger partial charge in [-0.3, -0.25) is 4.79 Å². The van der Waals surface area contributed by atoms with Gasteiger partial charge in [-0.2, -0.15) is 4.39 Å². The van der Waals surface area contributed by atoms with E-state index in [-0.39, 0.29) is 11.6 Å². The van der Waals surface area contributed by atoms with E-state index in [1.807, 2.05) is 0 Å². The van der Waals surface area contributed by atoms with E-state index in [0.717, 1.165) is 56.0 Å². The van der Waals surface area contributed by atoms with E-state index in [1.54, 1.807) is 18.3 Å². The zero-order chi connectivity index (χ0) is 17.9. The molecule has 0 aliphatic carbocycles. The molecule has 0 amide bonds. The number of rotatable bonds is 4. The Balaban J connectivity index is 1.56. The minimum Gasteiger partial charge on any atom is -0.378 e. The van der Waals surface area contributed by atoms with Crippen molar-refractivity contribution in [2.45, 2.75) is 25.3 Å². The highest BCUT2D eigenvalue weighted by Gasteiger charge is 2.26. The maximum Gasteiger partial charge on any atom is 0.251 e. The van der Waals surface area contributed by atoms with Crippen molar-refractivity contribution in [2.24, 2.45) is 0 Å². The van der Waals surface area contributed by atoms with Crippen LogP contribution in [0.2, 0.25) is 0 Å². The van der Waals surface area contributed by atoms with Gasteiger partial charge in [-0.1, -0.05) is 6.07 Å². The van der Waals surface area contributed by atoms with Crippen molar-refractivity contribution >= 4 is 11.5 Å². The third-order valence-electron chi connectivity index (χ3n) is 5.14. The number of pyridine rings is 2. The number of anilines is 2. The largest absolute Gasteiger partial charge is 0.378 e. The molecular weight excluding hydrogens is 335 g/mol. The lowest BCUT2D eigenvalue weighted by Crippen LogP contribution is -2.37. The van der Waals surface area contributed by atoms with Crippen LogP contribution in [0.1, 0.15) is 18.4 Å². The van der Waals surface area contributed by atoms with Crippen LogP contribution in [-0.4, -0.2) is 48.9 Å². The van der Waals surface area contributed by atoms with Gasteiger partial charge in [0.2, 0.25) is 5.95 Å². The molecule has 0 radical (unpaired) electrons. The number of ether oxygens (including phenoxy) is 1. The van der Waals surface area contributed by atoms with Crippen LogP contribution in [0.15, 0.2) is 35.3 Å². The fourth-order valence-corrected chi connectivity index (χ4v) is 3.84. The van der Waals surface area contributed by atoms with Crippen molar-refractivity contribution in [1.82, 2.24) is 9.97 Å². The van der Waals surface area contributed by atoms with Gasteiger partial charge in [0.1, 0.15) is 5.82 Å². The summed E-state index contributed by atoms with van der Waals surface area (Å²) in [6.07, 6.45) is 4.50. The standard InChI is InChI=1S/C19H23FN4O2/c20-17-4-3-14(13-21-17)10-15-2-1-5-24(15)18-11-16(12-19(25)22-18)23-6-8-26-9-7-23/h3-4,11-13,15H,1-2,5-10H2,(H,22,25). The van der Waals surface area contributed by atoms with Crippen molar-refractivity contribution in [3.63, 3.8) is 0 Å². The predicted octanol–water partition coefficient (Wildman–Crippen LogP) is 1.96. The molecule has 2 aliphatic heterocycles. The summed E-state index contributed by atoms with van der Waals surface area (Å²) in [7, 11) is 0. The predicted molar refractivity (Wildman–Crippen MR) is 98.4 cm³/mol. The summed E-state index contributed by atoms with van der Waals surface area (Å²) in [5.74, 6) is 0.399. The maximum absolute atomic E-state index is 13.0. The van der Waals surface area contributed by atoms with Crippen LogP contribution < -0.4 is 15.4 Å². The summed E-state index contributed by atoms with van der Waals surface area (Å²) in [6, 6.07) is 7.18. The highest BCUT2D eigenvalue weighted by Crippen LogP contribution is 2.28. The van der Waals surface area contributed by atoms with Crippen LogP contribution in [-0.2, 0) is 11.2 Å². The molecule has 1 unspecified atom stereocenters. The number of hydrogen-bond acceptors (Lipinski definition) is 5. The minimum absolute atomic E-state index is 0.0851. The molecule has 6 nitrogen and oxygen atoms in total. The molecule has 7 heteroatoms. The fourth-order valence-electron chi connectivity index (χ4n) is 3.84. The molecule has 2 saturated heterocycles. The molecule has 2 aromatic rings. The average Bonchev–Trinajstić information content (AvgIpc) is 3.12. The number of hydrogen-bond donors (Lipinski definition) is 1. The van der Waals surface area contributed by atoms with Gasteiger partial charge in [0, 0.05) is 49.7 Å². The van der Waals surface area contributed by atoms with Crippen molar-refractivity contribution in [1.29, 1.82) is 0 Å². The molecule has 4 heterocycles. The van der Waals surface area contributed by atoms with Crippen LogP contribution >= 0.6 is 0 Å². The first-order valence-corrected chi connectivity index (χ1v) is 9.13. The molecule has 0 spiro atoms. The Bertz CT molecular complexity index is 802. The van der Waals surface area contributed by atoms with E-state index >= 15 is 0 Å². The van der Waals surface area contributed by atoms with Gasteiger partial charge in [-0.25, -0.2) is 4.98 Å². The number of nitrogens with zero attached hydrogens (tertiary/aromatic N) is 3. The molecule has 0 bridgehead atoms. The van der Waals surface area contributed by atoms with Gasteiger partial charge in [0.15, 0.2) is 0 Å². The van der Waals surface area contributed by atoms with Gasteiger partial charge in [-0.05, 0) is 30.9 Å². The second-order valence-corrected chi connectivity index (χ2v) is 6.87. The SMILES string of the molecule is O=c1cc(N2CCOCC2)cc(N2CCCC2Cc2ccc(F)nc2)[nH]1. The Morgan fingerprint density at radius 2 is 2.08 bits per heavy atom. The summed E-state index contributed by atoms with van der Waals surface area (Å²) in [6.45, 7) is 3.88. The van der Waals surface area contributed by atoms with Crippen LogP contribution in [0.5, 0.6) is 0 Å². The van der Waals surface area contributed by atoms with Crippen LogP contribution in [0, 0.1) is 5.95 Å². The van der Waals surface area contributed by atoms with Crippen LogP contribution in [0.3, 0.4) is 0 Å². The lowest BCUT2D eigenvalue weighted by Gasteiger charge is -2.31. The monoisotopic (exact) mass is 358 g/mol. The summed E-state index contributed by atoms with van der Waals surface area (Å²) < 4.78 is 18.4. The average molecular weight is 358 g/mol. The Morgan fingerprint density at radius 3 is 2.85 bits per heavy atom. The number of morpholine rings is 1. The Labute approximate surface area is 151 Å². The minimum atomic E-state index is -0.459. The first kappa shape index (κ1) is 17.0. The third kappa shape index (κ3) is 3.72. The molecule has 2 aliphatic rings. The van der Waals surface area contributed by atoms with Crippen LogP contribution in [0.4, 0.5) is 15.9 Å². The lowest BCUT2D eigenvalue weighted by atomic mass is 10.1. The van der Waals surface area contributed by atoms with E-state index in [4.69, 9.17) is 4.74 Å². The van der Waals surface area contributed by atoms with Crippen molar-refractivity contribution < 1.29 is 9.13 Å². The number of halogens is 1. The summed E-state index contributed by atoms with van der Waals surface area (Å²) in [5, 5.41) is 0. The highest BCUT2D eigenvalue weighted by atomic mass is 19.1. The van der Waals surface area contributed by atoms with Gasteiger partial charge >= 0.3 is 0 Å². The van der Waals surface area contributed by atoms with Crippen LogP contribution in [0.25, 0.3) is 0 Å². The molecule has 2 fully saturated rings. The second kappa shape index (κ2) is 7.45. The van der Waals surface area contributed by atoms with Gasteiger partial charge < -0.3 is 19.5 Å². The number of nitrogens with one attached hydrogen (secondary N) is 1. The van der Waals surface area contributed by atoms with Gasteiger partial charge in [0.05, 0.1) is 13.2 Å². The molecule has 0 saturated carbocycles. The summed E-state index contributed by atoms with van der Waals surface area (Å²) in [5.41, 5.74) is 1.87. The van der Waals surface area contributed by atoms with Crippen molar-refractivity contribution in [3.05, 3.63) is 52.3 Å². The first-order valence-electron chi connectivity index (χ1n) is 9.13. The molecule has 138 valence electrons. The third-order valence-corrected chi connectivity index (χ3v) is 5.14. The zero-order valence-electron chi connectivity index (χ0n) is 14.7. The topological polar surface area (TPSA) is 61.5 Å². The molecule has 1 N–H and O–H groups in total. The first-order chi connectivity index (χ1) is 12.7. The number of H-pyrrole nitrogens is 1. The Kier molecular flexibility index (Phi) is 4.88. The van der Waals surface area contributed by atoms with Gasteiger partial charge in [-0.15, -0.1) is 0 Å². The smallest absolute Gasteiger partial charge is 0.251 e. The summed E-state index contributed by atoms with van der Waals surface area (Å²) >= 11 is 0. The molecule has 26 heavy (non-hydrogen) atoms. The van der Waals surface area contributed by atoms with Crippen molar-refractivity contribution in [2.75, 3.05) is 42.6 Å². The maximum atomic E-state index is 13.0. The van der Waals surface area contributed by atoms with E-state index in [9.17, 15) is 9.18 Å². The Morgan fingerprint density at radius 1 is 1.23 bits per heavy atom. The number of aromatic nitrogens is 2. The normalized spacial score (nSPS) is 20.6. The van der Waals surface area contributed by atoms with E-state index in [0.29, 0.717) is 13.2 Å². The second-order valence-electron chi connectivity index (χ2n) is 6.87. The molecule has 2 aromatic heterocycles. The highest BCUT2D eigenvalue weighted by molar-refractivity contribution is 5.56. The lowest BCUT2D eigenvalue weighted by molar-refractivity contribution is 0.122. The molecule has 0 aromatic carbocycles. The van der Waals surface area contributed by atoms with Gasteiger partial charge in [0.25, 0.3) is 5.56 Å². The van der Waals surface area contributed by atoms with E-state index < -0.39 is 5.95 Å². The Hall–Kier alpha value is -2.41. The zero-order valence-corrected chi connectivity index (χ0v) is 14.7. The van der Waals surface area contributed by atoms with E-state index in [1.165, 1.54) is 6.07 Å². The quantitative estimate of drug-likeness (QED) is 0.847. The summed E-state index contributed by atoms with van der Waals surface area (Å²) in [4.78, 5) is 23.4. The molecular formula is C19H23FN4O2. The fraction of sp³-hybridized carbons (Fsp3) is 0.474. The van der Waals surface area contributed by atoms with E-state index in [2.05, 4.69) is 25.8 Å².